The van der Waals surface area contributed by atoms with Crippen LogP contribution in [0.15, 0.2) is 24.3 Å². The maximum atomic E-state index is 11.7. The highest BCUT2D eigenvalue weighted by Gasteiger charge is 2.18. The molecule has 0 fully saturated rings. The van der Waals surface area contributed by atoms with E-state index in [-0.39, 0.29) is 6.54 Å². The van der Waals surface area contributed by atoms with Gasteiger partial charge in [0, 0.05) is 10.7 Å². The van der Waals surface area contributed by atoms with Crippen molar-refractivity contribution in [1.29, 1.82) is 0 Å². The Morgan fingerprint density at radius 3 is 2.50 bits per heavy atom. The Balaban J connectivity index is 2.90. The highest BCUT2D eigenvalue weighted by atomic mass is 35.5. The first kappa shape index (κ1) is 13.9. The number of amides is 2. The molecular formula is C12H11ClN2O3. The first-order chi connectivity index (χ1) is 8.54. The Labute approximate surface area is 109 Å². The number of carboxylic acid groups (broad SMARTS) is 1. The van der Waals surface area contributed by atoms with Gasteiger partial charge in [-0.2, -0.15) is 0 Å². The van der Waals surface area contributed by atoms with E-state index in [1.54, 1.807) is 24.3 Å². The summed E-state index contributed by atoms with van der Waals surface area (Å²) in [4.78, 5) is 23.6. The van der Waals surface area contributed by atoms with Crippen molar-refractivity contribution >= 4 is 29.3 Å². The van der Waals surface area contributed by atoms with E-state index in [0.29, 0.717) is 10.7 Å². The van der Waals surface area contributed by atoms with Crippen LogP contribution in [0, 0.1) is 12.3 Å². The second-order valence-electron chi connectivity index (χ2n) is 3.32. The molecule has 0 aliphatic rings. The number of rotatable bonds is 4. The molecular weight excluding hydrogens is 256 g/mol. The van der Waals surface area contributed by atoms with Gasteiger partial charge in [-0.15, -0.1) is 6.42 Å². The minimum absolute atomic E-state index is 0.0303. The lowest BCUT2D eigenvalue weighted by Gasteiger charge is -2.20. The van der Waals surface area contributed by atoms with Crippen LogP contribution in [0.3, 0.4) is 0 Å². The fourth-order valence-electron chi connectivity index (χ4n) is 1.26. The second kappa shape index (κ2) is 6.52. The van der Waals surface area contributed by atoms with Gasteiger partial charge in [0.05, 0.1) is 6.54 Å². The van der Waals surface area contributed by atoms with E-state index in [4.69, 9.17) is 23.1 Å². The standard InChI is InChI=1S/C12H11ClN2O3/c1-2-7-14-12(18)15(8-11(16)17)10-5-3-9(13)4-6-10/h1,3-6H,7-8H2,(H,14,18)(H,16,17). The van der Waals surface area contributed by atoms with Crippen LogP contribution in [0.5, 0.6) is 0 Å². The van der Waals surface area contributed by atoms with Crippen LogP contribution in [-0.2, 0) is 4.79 Å². The molecule has 0 aliphatic carbocycles. The maximum Gasteiger partial charge on any atom is 0.323 e. The van der Waals surface area contributed by atoms with Gasteiger partial charge in [-0.25, -0.2) is 4.79 Å². The molecule has 18 heavy (non-hydrogen) atoms. The van der Waals surface area contributed by atoms with Crippen LogP contribution in [0.25, 0.3) is 0 Å². The highest BCUT2D eigenvalue weighted by Crippen LogP contribution is 2.17. The third-order valence-electron chi connectivity index (χ3n) is 2.02. The smallest absolute Gasteiger partial charge is 0.323 e. The van der Waals surface area contributed by atoms with Crippen molar-refractivity contribution in [2.24, 2.45) is 0 Å². The summed E-state index contributed by atoms with van der Waals surface area (Å²) in [7, 11) is 0. The minimum Gasteiger partial charge on any atom is -0.480 e. The van der Waals surface area contributed by atoms with Gasteiger partial charge < -0.3 is 10.4 Å². The van der Waals surface area contributed by atoms with Crippen LogP contribution in [0.4, 0.5) is 10.5 Å². The van der Waals surface area contributed by atoms with Crippen molar-refractivity contribution < 1.29 is 14.7 Å². The largest absolute Gasteiger partial charge is 0.480 e. The summed E-state index contributed by atoms with van der Waals surface area (Å²) in [6.45, 7) is -0.430. The van der Waals surface area contributed by atoms with E-state index < -0.39 is 18.5 Å². The number of carboxylic acids is 1. The summed E-state index contributed by atoms with van der Waals surface area (Å²) in [5.74, 6) is 1.12. The highest BCUT2D eigenvalue weighted by molar-refractivity contribution is 6.30. The lowest BCUT2D eigenvalue weighted by Crippen LogP contribution is -2.43. The lowest BCUT2D eigenvalue weighted by atomic mass is 10.3. The number of urea groups is 1. The predicted molar refractivity (Wildman–Crippen MR) is 68.7 cm³/mol. The number of aliphatic carboxylic acids is 1. The van der Waals surface area contributed by atoms with Crippen molar-refractivity contribution in [1.82, 2.24) is 5.32 Å². The molecule has 1 aromatic carbocycles. The molecule has 0 saturated heterocycles. The number of nitrogens with zero attached hydrogens (tertiary/aromatic N) is 1. The molecule has 0 spiro atoms. The summed E-state index contributed by atoms with van der Waals surface area (Å²) in [5.41, 5.74) is 0.427. The zero-order valence-corrected chi connectivity index (χ0v) is 10.1. The van der Waals surface area contributed by atoms with Gasteiger partial charge in [0.2, 0.25) is 0 Å². The summed E-state index contributed by atoms with van der Waals surface area (Å²) >= 11 is 5.72. The Morgan fingerprint density at radius 1 is 1.39 bits per heavy atom. The van der Waals surface area contributed by atoms with E-state index in [1.807, 2.05) is 0 Å². The van der Waals surface area contributed by atoms with Crippen LogP contribution < -0.4 is 10.2 Å². The maximum absolute atomic E-state index is 11.7. The normalized spacial score (nSPS) is 9.33. The zero-order chi connectivity index (χ0) is 13.5. The SMILES string of the molecule is C#CCNC(=O)N(CC(=O)O)c1ccc(Cl)cc1. The number of nitrogens with one attached hydrogen (secondary N) is 1. The van der Waals surface area contributed by atoms with Crippen molar-refractivity contribution in [3.8, 4) is 12.3 Å². The average molecular weight is 267 g/mol. The van der Waals surface area contributed by atoms with Gasteiger partial charge in [-0.05, 0) is 24.3 Å². The lowest BCUT2D eigenvalue weighted by molar-refractivity contribution is -0.135. The fraction of sp³-hybridized carbons (Fsp3) is 0.167. The van der Waals surface area contributed by atoms with E-state index >= 15 is 0 Å². The molecule has 94 valence electrons. The number of hydrogen-bond donors (Lipinski definition) is 2. The molecule has 0 bridgehead atoms. The summed E-state index contributed by atoms with van der Waals surface area (Å²) < 4.78 is 0. The van der Waals surface area contributed by atoms with Crippen LogP contribution in [-0.4, -0.2) is 30.2 Å². The molecule has 0 radical (unpaired) electrons. The quantitative estimate of drug-likeness (QED) is 0.813. The Hall–Kier alpha value is -2.19. The molecule has 0 saturated carbocycles. The first-order valence-corrected chi connectivity index (χ1v) is 5.38. The van der Waals surface area contributed by atoms with Gasteiger partial charge in [0.1, 0.15) is 6.54 Å². The number of halogens is 1. The van der Waals surface area contributed by atoms with Crippen molar-refractivity contribution in [3.63, 3.8) is 0 Å². The predicted octanol–water partition coefficient (Wildman–Crippen LogP) is 1.57. The van der Waals surface area contributed by atoms with E-state index in [9.17, 15) is 9.59 Å². The monoisotopic (exact) mass is 266 g/mol. The molecule has 1 aromatic rings. The molecule has 0 aliphatic heterocycles. The summed E-state index contributed by atoms with van der Waals surface area (Å²) in [6, 6.07) is 5.68. The summed E-state index contributed by atoms with van der Waals surface area (Å²) in [6.07, 6.45) is 5.02. The van der Waals surface area contributed by atoms with Gasteiger partial charge in [-0.3, -0.25) is 9.69 Å². The molecule has 5 nitrogen and oxygen atoms in total. The van der Waals surface area contributed by atoms with Crippen LogP contribution in [0.1, 0.15) is 0 Å². The Kier molecular flexibility index (Phi) is 5.03. The van der Waals surface area contributed by atoms with E-state index in [2.05, 4.69) is 11.2 Å². The van der Waals surface area contributed by atoms with Crippen molar-refractivity contribution in [2.75, 3.05) is 18.0 Å². The first-order valence-electron chi connectivity index (χ1n) is 5.00. The summed E-state index contributed by atoms with van der Waals surface area (Å²) in [5, 5.41) is 11.7. The molecule has 0 atom stereocenters. The van der Waals surface area contributed by atoms with Gasteiger partial charge in [0.25, 0.3) is 0 Å². The minimum atomic E-state index is -1.12. The third-order valence-corrected chi connectivity index (χ3v) is 2.27. The molecule has 0 unspecified atom stereocenters. The molecule has 0 heterocycles. The number of anilines is 1. The van der Waals surface area contributed by atoms with Gasteiger partial charge in [-0.1, -0.05) is 17.5 Å². The van der Waals surface area contributed by atoms with Gasteiger partial charge in [0.15, 0.2) is 0 Å². The van der Waals surface area contributed by atoms with Gasteiger partial charge >= 0.3 is 12.0 Å². The number of carbonyl (C=O) groups is 2. The molecule has 1 rings (SSSR count). The fourth-order valence-corrected chi connectivity index (χ4v) is 1.38. The number of terminal acetylenes is 1. The Morgan fingerprint density at radius 2 is 2.00 bits per heavy atom. The average Bonchev–Trinajstić information content (AvgIpc) is 2.34. The van der Waals surface area contributed by atoms with Crippen molar-refractivity contribution in [2.45, 2.75) is 0 Å². The molecule has 0 aromatic heterocycles. The second-order valence-corrected chi connectivity index (χ2v) is 3.76. The topological polar surface area (TPSA) is 69.6 Å². The Bertz CT molecular complexity index is 479. The van der Waals surface area contributed by atoms with E-state index in [0.717, 1.165) is 4.90 Å². The third kappa shape index (κ3) is 4.00. The number of carbonyl (C=O) groups excluding carboxylic acids is 1. The van der Waals surface area contributed by atoms with E-state index in [1.165, 1.54) is 0 Å². The molecule has 6 heteroatoms. The molecule has 2 N–H and O–H groups in total. The number of hydrogen-bond acceptors (Lipinski definition) is 2. The molecule has 2 amide bonds. The zero-order valence-electron chi connectivity index (χ0n) is 9.39. The van der Waals surface area contributed by atoms with Crippen LogP contribution >= 0.6 is 11.6 Å². The van der Waals surface area contributed by atoms with Crippen molar-refractivity contribution in [3.05, 3.63) is 29.3 Å². The number of benzene rings is 1. The van der Waals surface area contributed by atoms with Crippen LogP contribution in [0.2, 0.25) is 5.02 Å².